The molecule has 0 unspecified atom stereocenters. The Kier molecular flexibility index (Phi) is 2.18. The summed E-state index contributed by atoms with van der Waals surface area (Å²) in [6.07, 6.45) is -0.114. The smallest absolute Gasteiger partial charge is 0.285 e. The Balaban J connectivity index is 2.33. The highest BCUT2D eigenvalue weighted by Crippen LogP contribution is 2.28. The molecule has 0 aliphatic heterocycles. The molecular formula is C9H6F3N3. The van der Waals surface area contributed by atoms with Crippen LogP contribution in [-0.4, -0.2) is 15.2 Å². The van der Waals surface area contributed by atoms with Gasteiger partial charge in [-0.05, 0) is 6.07 Å². The molecule has 0 aliphatic carbocycles. The van der Waals surface area contributed by atoms with Crippen LogP contribution in [0.3, 0.4) is 0 Å². The molecule has 78 valence electrons. The largest absolute Gasteiger partial charge is 0.433 e. The summed E-state index contributed by atoms with van der Waals surface area (Å²) in [5, 5.41) is 6.27. The number of nitrogens with one attached hydrogen (secondary N) is 1. The minimum absolute atomic E-state index is 0.594. The summed E-state index contributed by atoms with van der Waals surface area (Å²) < 4.78 is 36.5. The van der Waals surface area contributed by atoms with Gasteiger partial charge in [0.1, 0.15) is 5.69 Å². The van der Waals surface area contributed by atoms with E-state index in [1.807, 2.05) is 0 Å². The van der Waals surface area contributed by atoms with Gasteiger partial charge in [-0.3, -0.25) is 10.1 Å². The van der Waals surface area contributed by atoms with E-state index in [0.29, 0.717) is 11.1 Å². The predicted octanol–water partition coefficient (Wildman–Crippen LogP) is 2.49. The van der Waals surface area contributed by atoms with E-state index in [9.17, 15) is 13.2 Å². The van der Waals surface area contributed by atoms with Crippen molar-refractivity contribution < 1.29 is 13.2 Å². The molecule has 2 aromatic rings. The number of alkyl halides is 3. The first kappa shape index (κ1) is 9.70. The van der Waals surface area contributed by atoms with Gasteiger partial charge in [0.05, 0.1) is 6.20 Å². The number of aromatic nitrogens is 3. The minimum Gasteiger partial charge on any atom is -0.285 e. The van der Waals surface area contributed by atoms with Crippen LogP contribution in [0.4, 0.5) is 13.2 Å². The van der Waals surface area contributed by atoms with Crippen molar-refractivity contribution >= 4 is 0 Å². The second-order valence-corrected chi connectivity index (χ2v) is 2.92. The lowest BCUT2D eigenvalue weighted by Gasteiger charge is -2.05. The van der Waals surface area contributed by atoms with Gasteiger partial charge in [-0.1, -0.05) is 6.07 Å². The van der Waals surface area contributed by atoms with Crippen molar-refractivity contribution in [1.29, 1.82) is 0 Å². The maximum atomic E-state index is 12.2. The number of nitrogens with zero attached hydrogens (tertiary/aromatic N) is 2. The zero-order chi connectivity index (χ0) is 10.9. The van der Waals surface area contributed by atoms with E-state index in [4.69, 9.17) is 0 Å². The van der Waals surface area contributed by atoms with Crippen LogP contribution in [-0.2, 0) is 6.18 Å². The second kappa shape index (κ2) is 3.38. The lowest BCUT2D eigenvalue weighted by atomic mass is 10.1. The van der Waals surface area contributed by atoms with Crippen LogP contribution in [0.15, 0.2) is 30.7 Å². The fourth-order valence-corrected chi connectivity index (χ4v) is 1.14. The van der Waals surface area contributed by atoms with Gasteiger partial charge in [0.25, 0.3) is 0 Å². The van der Waals surface area contributed by atoms with Crippen molar-refractivity contribution in [2.75, 3.05) is 0 Å². The molecule has 3 nitrogen and oxygen atoms in total. The fraction of sp³-hybridized carbons (Fsp3) is 0.111. The number of halogens is 3. The van der Waals surface area contributed by atoms with Crippen molar-refractivity contribution in [2.24, 2.45) is 0 Å². The number of H-pyrrole nitrogens is 1. The average molecular weight is 213 g/mol. The van der Waals surface area contributed by atoms with Gasteiger partial charge in [0.15, 0.2) is 0 Å². The predicted molar refractivity (Wildman–Crippen MR) is 46.8 cm³/mol. The third-order valence-electron chi connectivity index (χ3n) is 1.89. The van der Waals surface area contributed by atoms with Crippen LogP contribution >= 0.6 is 0 Å². The molecule has 6 heteroatoms. The monoisotopic (exact) mass is 213 g/mol. The third-order valence-corrected chi connectivity index (χ3v) is 1.89. The standard InChI is InChI=1S/C9H6F3N3/c10-9(11,12)8-2-1-6(3-13-8)7-4-14-15-5-7/h1-5H,(H,14,15). The van der Waals surface area contributed by atoms with Gasteiger partial charge in [-0.15, -0.1) is 0 Å². The highest BCUT2D eigenvalue weighted by molar-refractivity contribution is 5.60. The summed E-state index contributed by atoms with van der Waals surface area (Å²) in [5.41, 5.74) is 0.405. The first-order chi connectivity index (χ1) is 7.07. The van der Waals surface area contributed by atoms with Crippen LogP contribution in [0.2, 0.25) is 0 Å². The molecule has 2 heterocycles. The van der Waals surface area contributed by atoms with Crippen molar-refractivity contribution in [3.63, 3.8) is 0 Å². The molecule has 0 spiro atoms. The summed E-state index contributed by atoms with van der Waals surface area (Å²) in [5.74, 6) is 0. The van der Waals surface area contributed by atoms with Crippen molar-refractivity contribution in [3.8, 4) is 11.1 Å². The Morgan fingerprint density at radius 3 is 2.33 bits per heavy atom. The molecule has 2 aromatic heterocycles. The van der Waals surface area contributed by atoms with E-state index in [0.717, 1.165) is 6.07 Å². The molecule has 0 amide bonds. The topological polar surface area (TPSA) is 41.6 Å². The second-order valence-electron chi connectivity index (χ2n) is 2.92. The molecule has 0 bridgehead atoms. The summed E-state index contributed by atoms with van der Waals surface area (Å²) in [6.45, 7) is 0. The molecule has 0 aromatic carbocycles. The quantitative estimate of drug-likeness (QED) is 0.790. The zero-order valence-corrected chi connectivity index (χ0v) is 7.42. The fourth-order valence-electron chi connectivity index (χ4n) is 1.14. The van der Waals surface area contributed by atoms with Crippen molar-refractivity contribution in [3.05, 3.63) is 36.4 Å². The molecule has 0 fully saturated rings. The maximum Gasteiger partial charge on any atom is 0.433 e. The van der Waals surface area contributed by atoms with Crippen molar-refractivity contribution in [1.82, 2.24) is 15.2 Å². The molecule has 15 heavy (non-hydrogen) atoms. The van der Waals surface area contributed by atoms with Gasteiger partial charge < -0.3 is 0 Å². The van der Waals surface area contributed by atoms with Gasteiger partial charge in [0.2, 0.25) is 0 Å². The number of hydrogen-bond acceptors (Lipinski definition) is 2. The van der Waals surface area contributed by atoms with E-state index in [1.54, 1.807) is 6.20 Å². The number of pyridine rings is 1. The zero-order valence-electron chi connectivity index (χ0n) is 7.42. The third kappa shape index (κ3) is 1.98. The van der Waals surface area contributed by atoms with Gasteiger partial charge in [-0.2, -0.15) is 18.3 Å². The number of hydrogen-bond donors (Lipinski definition) is 1. The van der Waals surface area contributed by atoms with E-state index in [1.165, 1.54) is 18.5 Å². The number of rotatable bonds is 1. The van der Waals surface area contributed by atoms with Crippen LogP contribution in [0.1, 0.15) is 5.69 Å². The SMILES string of the molecule is FC(F)(F)c1ccc(-c2cn[nH]c2)cn1. The summed E-state index contributed by atoms with van der Waals surface area (Å²) in [4.78, 5) is 3.34. The molecule has 0 aliphatic rings. The average Bonchev–Trinajstić information content (AvgIpc) is 2.69. The molecule has 0 saturated heterocycles. The Hall–Kier alpha value is -1.85. The molecule has 1 N–H and O–H groups in total. The van der Waals surface area contributed by atoms with Crippen LogP contribution in [0.5, 0.6) is 0 Å². The molecule has 2 rings (SSSR count). The van der Waals surface area contributed by atoms with Gasteiger partial charge in [0, 0.05) is 23.5 Å². The highest BCUT2D eigenvalue weighted by atomic mass is 19.4. The minimum atomic E-state index is -4.39. The van der Waals surface area contributed by atoms with E-state index < -0.39 is 11.9 Å². The molecule has 0 saturated carbocycles. The Labute approximate surface area is 83.0 Å². The van der Waals surface area contributed by atoms with Crippen LogP contribution < -0.4 is 0 Å². The lowest BCUT2D eigenvalue weighted by molar-refractivity contribution is -0.141. The Bertz CT molecular complexity index is 431. The molecular weight excluding hydrogens is 207 g/mol. The van der Waals surface area contributed by atoms with Gasteiger partial charge in [-0.25, -0.2) is 0 Å². The number of aromatic amines is 1. The van der Waals surface area contributed by atoms with E-state index in [-0.39, 0.29) is 0 Å². The first-order valence-corrected chi connectivity index (χ1v) is 4.10. The summed E-state index contributed by atoms with van der Waals surface area (Å²) in [6, 6.07) is 2.31. The maximum absolute atomic E-state index is 12.2. The summed E-state index contributed by atoms with van der Waals surface area (Å²) in [7, 11) is 0. The Morgan fingerprint density at radius 1 is 1.07 bits per heavy atom. The van der Waals surface area contributed by atoms with Gasteiger partial charge >= 0.3 is 6.18 Å². The Morgan fingerprint density at radius 2 is 1.87 bits per heavy atom. The van der Waals surface area contributed by atoms with Crippen molar-refractivity contribution in [2.45, 2.75) is 6.18 Å². The van der Waals surface area contributed by atoms with Crippen LogP contribution in [0.25, 0.3) is 11.1 Å². The van der Waals surface area contributed by atoms with E-state index in [2.05, 4.69) is 15.2 Å². The molecule has 0 atom stereocenters. The highest BCUT2D eigenvalue weighted by Gasteiger charge is 2.31. The van der Waals surface area contributed by atoms with E-state index >= 15 is 0 Å². The lowest BCUT2D eigenvalue weighted by Crippen LogP contribution is -2.07. The first-order valence-electron chi connectivity index (χ1n) is 4.10. The molecule has 0 radical (unpaired) electrons. The van der Waals surface area contributed by atoms with Crippen LogP contribution in [0, 0.1) is 0 Å². The summed E-state index contributed by atoms with van der Waals surface area (Å²) >= 11 is 0. The normalized spacial score (nSPS) is 11.7.